The van der Waals surface area contributed by atoms with Crippen LogP contribution in [0.4, 0.5) is 5.69 Å². The third-order valence-corrected chi connectivity index (χ3v) is 5.34. The normalized spacial score (nSPS) is 19.5. The highest BCUT2D eigenvalue weighted by atomic mass is 32.2. The van der Waals surface area contributed by atoms with Gasteiger partial charge in [-0.05, 0) is 50.1 Å². The largest absolute Gasteiger partial charge is 0.383 e. The van der Waals surface area contributed by atoms with Crippen LogP contribution in [-0.4, -0.2) is 33.3 Å². The summed E-state index contributed by atoms with van der Waals surface area (Å²) in [5, 5.41) is 6.76. The molecule has 1 aliphatic rings. The van der Waals surface area contributed by atoms with Gasteiger partial charge in [-0.2, -0.15) is 0 Å². The lowest BCUT2D eigenvalue weighted by atomic mass is 10.2. The monoisotopic (exact) mass is 282 g/mol. The van der Waals surface area contributed by atoms with E-state index in [-0.39, 0.29) is 5.75 Å². The lowest BCUT2D eigenvalue weighted by Gasteiger charge is -2.13. The molecule has 1 fully saturated rings. The zero-order valence-corrected chi connectivity index (χ0v) is 12.2. The van der Waals surface area contributed by atoms with Crippen molar-refractivity contribution in [3.05, 3.63) is 24.3 Å². The van der Waals surface area contributed by atoms with Gasteiger partial charge in [-0.3, -0.25) is 0 Å². The molecule has 0 spiro atoms. The van der Waals surface area contributed by atoms with Crippen LogP contribution in [-0.2, 0) is 9.84 Å². The second-order valence-electron chi connectivity index (χ2n) is 5.02. The summed E-state index contributed by atoms with van der Waals surface area (Å²) in [5.74, 6) is 0.214. The molecular formula is C14H22N2O2S. The van der Waals surface area contributed by atoms with E-state index in [1.54, 1.807) is 12.1 Å². The van der Waals surface area contributed by atoms with E-state index in [2.05, 4.69) is 10.6 Å². The van der Waals surface area contributed by atoms with Crippen LogP contribution in [0.25, 0.3) is 0 Å². The molecule has 1 aromatic rings. The molecule has 2 rings (SSSR count). The zero-order valence-electron chi connectivity index (χ0n) is 11.4. The van der Waals surface area contributed by atoms with Gasteiger partial charge < -0.3 is 10.6 Å². The molecule has 19 heavy (non-hydrogen) atoms. The highest BCUT2D eigenvalue weighted by molar-refractivity contribution is 7.91. The molecule has 0 aliphatic carbocycles. The number of sulfone groups is 1. The van der Waals surface area contributed by atoms with Crippen LogP contribution in [0.15, 0.2) is 29.2 Å². The Balaban J connectivity index is 1.94. The molecule has 0 aromatic heterocycles. The van der Waals surface area contributed by atoms with Gasteiger partial charge in [0.05, 0.1) is 10.6 Å². The maximum absolute atomic E-state index is 11.9. The molecule has 2 N–H and O–H groups in total. The Morgan fingerprint density at radius 3 is 2.63 bits per heavy atom. The van der Waals surface area contributed by atoms with E-state index in [0.29, 0.717) is 17.4 Å². The Morgan fingerprint density at radius 1 is 1.32 bits per heavy atom. The van der Waals surface area contributed by atoms with Gasteiger partial charge in [0, 0.05) is 18.3 Å². The van der Waals surface area contributed by atoms with E-state index in [4.69, 9.17) is 0 Å². The summed E-state index contributed by atoms with van der Waals surface area (Å²) in [6.45, 7) is 3.86. The summed E-state index contributed by atoms with van der Waals surface area (Å²) in [7, 11) is -3.10. The van der Waals surface area contributed by atoms with Gasteiger partial charge in [0.15, 0.2) is 9.84 Å². The van der Waals surface area contributed by atoms with Crippen LogP contribution in [0.5, 0.6) is 0 Å². The van der Waals surface area contributed by atoms with Gasteiger partial charge in [-0.25, -0.2) is 8.42 Å². The Morgan fingerprint density at radius 2 is 2.05 bits per heavy atom. The lowest BCUT2D eigenvalue weighted by Crippen LogP contribution is -2.29. The van der Waals surface area contributed by atoms with Crippen molar-refractivity contribution in [2.45, 2.75) is 37.1 Å². The molecule has 0 bridgehead atoms. The first-order valence-electron chi connectivity index (χ1n) is 6.92. The molecule has 0 radical (unpaired) electrons. The topological polar surface area (TPSA) is 58.2 Å². The molecule has 106 valence electrons. The average Bonchev–Trinajstić information content (AvgIpc) is 2.90. The second-order valence-corrected chi connectivity index (χ2v) is 7.13. The molecule has 0 amide bonds. The second kappa shape index (κ2) is 6.39. The predicted octanol–water partition coefficient (Wildman–Crippen LogP) is 2.03. The number of anilines is 1. The number of hydrogen-bond donors (Lipinski definition) is 2. The number of nitrogens with one attached hydrogen (secondary N) is 2. The van der Waals surface area contributed by atoms with Crippen LogP contribution in [0.3, 0.4) is 0 Å². The smallest absolute Gasteiger partial charge is 0.178 e. The molecule has 5 heteroatoms. The van der Waals surface area contributed by atoms with Crippen molar-refractivity contribution in [3.63, 3.8) is 0 Å². The first kappa shape index (κ1) is 14.3. The highest BCUT2D eigenvalue weighted by Crippen LogP contribution is 2.16. The summed E-state index contributed by atoms with van der Waals surface area (Å²) in [6, 6.07) is 7.60. The van der Waals surface area contributed by atoms with Crippen molar-refractivity contribution in [2.24, 2.45) is 0 Å². The fraction of sp³-hybridized carbons (Fsp3) is 0.571. The van der Waals surface area contributed by atoms with Gasteiger partial charge in [0.25, 0.3) is 0 Å². The molecule has 1 aliphatic heterocycles. The maximum atomic E-state index is 11.9. The van der Waals surface area contributed by atoms with E-state index in [1.807, 2.05) is 19.1 Å². The Kier molecular flexibility index (Phi) is 4.82. The van der Waals surface area contributed by atoms with Crippen molar-refractivity contribution in [2.75, 3.05) is 24.2 Å². The molecule has 1 atom stereocenters. The van der Waals surface area contributed by atoms with Gasteiger partial charge >= 0.3 is 0 Å². The Labute approximate surface area is 115 Å². The molecule has 1 unspecified atom stereocenters. The van der Waals surface area contributed by atoms with Gasteiger partial charge in [0.2, 0.25) is 0 Å². The fourth-order valence-electron chi connectivity index (χ4n) is 2.34. The van der Waals surface area contributed by atoms with E-state index in [1.165, 1.54) is 12.8 Å². The molecule has 1 heterocycles. The first-order chi connectivity index (χ1) is 9.12. The molecule has 1 saturated heterocycles. The van der Waals surface area contributed by atoms with Gasteiger partial charge in [-0.1, -0.05) is 6.92 Å². The van der Waals surface area contributed by atoms with Crippen LogP contribution < -0.4 is 10.6 Å². The third-order valence-electron chi connectivity index (χ3n) is 3.40. The number of benzene rings is 1. The Bertz CT molecular complexity index is 491. The van der Waals surface area contributed by atoms with Crippen molar-refractivity contribution >= 4 is 15.5 Å². The van der Waals surface area contributed by atoms with Crippen LogP contribution in [0, 0.1) is 0 Å². The number of rotatable bonds is 6. The van der Waals surface area contributed by atoms with Gasteiger partial charge in [0.1, 0.15) is 0 Å². The van der Waals surface area contributed by atoms with Crippen molar-refractivity contribution in [1.29, 1.82) is 0 Å². The quantitative estimate of drug-likeness (QED) is 0.838. The minimum Gasteiger partial charge on any atom is -0.383 e. The third kappa shape index (κ3) is 3.94. The minimum absolute atomic E-state index is 0.214. The first-order valence-corrected chi connectivity index (χ1v) is 8.57. The van der Waals surface area contributed by atoms with Crippen LogP contribution in [0.1, 0.15) is 26.2 Å². The van der Waals surface area contributed by atoms with E-state index >= 15 is 0 Å². The van der Waals surface area contributed by atoms with Crippen molar-refractivity contribution in [1.82, 2.24) is 5.32 Å². The lowest BCUT2D eigenvalue weighted by molar-refractivity contribution is 0.594. The fourth-order valence-corrected chi connectivity index (χ4v) is 3.66. The summed E-state index contributed by atoms with van der Waals surface area (Å²) in [6.07, 6.45) is 3.09. The number of hydrogen-bond acceptors (Lipinski definition) is 4. The molecular weight excluding hydrogens is 260 g/mol. The maximum Gasteiger partial charge on any atom is 0.178 e. The van der Waals surface area contributed by atoms with E-state index < -0.39 is 9.84 Å². The summed E-state index contributed by atoms with van der Waals surface area (Å²) >= 11 is 0. The highest BCUT2D eigenvalue weighted by Gasteiger charge is 2.14. The standard InChI is InChI=1S/C14H22N2O2S/c1-2-10-19(17,18)14-7-5-12(6-8-14)16-11-13-4-3-9-15-13/h5-8,13,15-16H,2-4,9-11H2,1H3. The Hall–Kier alpha value is -1.07. The SMILES string of the molecule is CCCS(=O)(=O)c1ccc(NCC2CCCN2)cc1. The van der Waals surface area contributed by atoms with Crippen LogP contribution in [0.2, 0.25) is 0 Å². The minimum atomic E-state index is -3.10. The van der Waals surface area contributed by atoms with E-state index in [0.717, 1.165) is 18.8 Å². The average molecular weight is 282 g/mol. The van der Waals surface area contributed by atoms with Gasteiger partial charge in [-0.15, -0.1) is 0 Å². The summed E-state index contributed by atoms with van der Waals surface area (Å²) in [4.78, 5) is 0.416. The van der Waals surface area contributed by atoms with Crippen LogP contribution >= 0.6 is 0 Å². The summed E-state index contributed by atoms with van der Waals surface area (Å²) in [5.41, 5.74) is 0.976. The predicted molar refractivity (Wildman–Crippen MR) is 78.3 cm³/mol. The zero-order chi connectivity index (χ0) is 13.7. The molecule has 0 saturated carbocycles. The molecule has 1 aromatic carbocycles. The van der Waals surface area contributed by atoms with E-state index in [9.17, 15) is 8.42 Å². The molecule has 4 nitrogen and oxygen atoms in total. The van der Waals surface area contributed by atoms with Crippen molar-refractivity contribution < 1.29 is 8.42 Å². The van der Waals surface area contributed by atoms with Crippen molar-refractivity contribution in [3.8, 4) is 0 Å². The summed E-state index contributed by atoms with van der Waals surface area (Å²) < 4.78 is 23.8.